The molecule has 4 aromatic carbocycles. The van der Waals surface area contributed by atoms with Gasteiger partial charge in [0.25, 0.3) is 0 Å². The summed E-state index contributed by atoms with van der Waals surface area (Å²) in [5, 5.41) is 6.38. The van der Waals surface area contributed by atoms with Gasteiger partial charge < -0.3 is 13.7 Å². The molecule has 0 radical (unpaired) electrons. The van der Waals surface area contributed by atoms with Gasteiger partial charge in [-0.1, -0.05) is 66.7 Å². The summed E-state index contributed by atoms with van der Waals surface area (Å²) in [4.78, 5) is 11.6. The van der Waals surface area contributed by atoms with Crippen LogP contribution >= 0.6 is 0 Å². The van der Waals surface area contributed by atoms with E-state index < -0.39 is 0 Å². The number of hydrogen-bond donors (Lipinski definition) is 0. The third-order valence-corrected chi connectivity index (χ3v) is 6.95. The van der Waals surface area contributed by atoms with Crippen molar-refractivity contribution in [3.8, 4) is 0 Å². The Kier molecular flexibility index (Phi) is 4.16. The molecule has 0 fully saturated rings. The predicted molar refractivity (Wildman–Crippen MR) is 149 cm³/mol. The van der Waals surface area contributed by atoms with E-state index in [-0.39, 0.29) is 0 Å². The molecule has 4 heterocycles. The quantitative estimate of drug-likeness (QED) is 0.254. The molecule has 8 aromatic rings. The molecule has 5 heteroatoms. The number of aromatic nitrogens is 2. The predicted octanol–water partition coefficient (Wildman–Crippen LogP) is 8.90. The number of rotatable bonds is 3. The van der Waals surface area contributed by atoms with Gasteiger partial charge in [-0.25, -0.2) is 9.97 Å². The van der Waals surface area contributed by atoms with Crippen molar-refractivity contribution in [1.29, 1.82) is 0 Å². The van der Waals surface area contributed by atoms with Crippen molar-refractivity contribution in [2.24, 2.45) is 0 Å². The number of fused-ring (bicyclic) bond motifs is 7. The highest BCUT2D eigenvalue weighted by Gasteiger charge is 2.19. The fourth-order valence-corrected chi connectivity index (χ4v) is 5.20. The highest BCUT2D eigenvalue weighted by molar-refractivity contribution is 6.07. The number of hydrogen-bond acceptors (Lipinski definition) is 5. The van der Waals surface area contributed by atoms with Crippen LogP contribution in [0.15, 0.2) is 124 Å². The van der Waals surface area contributed by atoms with Crippen LogP contribution in [0.5, 0.6) is 0 Å². The monoisotopic (exact) mass is 477 g/mol. The van der Waals surface area contributed by atoms with Gasteiger partial charge in [-0.2, -0.15) is 0 Å². The third kappa shape index (κ3) is 3.11. The van der Waals surface area contributed by atoms with Crippen molar-refractivity contribution in [2.45, 2.75) is 0 Å². The van der Waals surface area contributed by atoms with Gasteiger partial charge in [0.15, 0.2) is 0 Å². The van der Waals surface area contributed by atoms with E-state index in [2.05, 4.69) is 71.6 Å². The minimum atomic E-state index is 0.623. The van der Waals surface area contributed by atoms with Crippen molar-refractivity contribution in [3.05, 3.63) is 116 Å². The van der Waals surface area contributed by atoms with Crippen LogP contribution < -0.4 is 4.90 Å². The lowest BCUT2D eigenvalue weighted by Crippen LogP contribution is -2.10. The molecule has 0 bridgehead atoms. The Hall–Kier alpha value is -5.16. The van der Waals surface area contributed by atoms with Gasteiger partial charge in [0.05, 0.1) is 34.5 Å². The van der Waals surface area contributed by atoms with Crippen LogP contribution in [-0.4, -0.2) is 9.97 Å². The highest BCUT2D eigenvalue weighted by atomic mass is 16.3. The first-order valence-corrected chi connectivity index (χ1v) is 12.2. The lowest BCUT2D eigenvalue weighted by molar-refractivity contribution is 0.654. The molecule has 37 heavy (non-hydrogen) atoms. The molecule has 0 atom stereocenters. The molecule has 5 nitrogen and oxygen atoms in total. The van der Waals surface area contributed by atoms with E-state index in [1.165, 1.54) is 5.39 Å². The normalized spacial score (nSPS) is 11.8. The number of pyridine rings is 2. The molecule has 0 unspecified atom stereocenters. The molecular formula is C32H19N3O2. The second kappa shape index (κ2) is 7.67. The van der Waals surface area contributed by atoms with Crippen LogP contribution in [0.3, 0.4) is 0 Å². The summed E-state index contributed by atoms with van der Waals surface area (Å²) in [5.41, 5.74) is 5.75. The average molecular weight is 478 g/mol. The number of benzene rings is 4. The van der Waals surface area contributed by atoms with Crippen molar-refractivity contribution in [1.82, 2.24) is 9.97 Å². The lowest BCUT2D eigenvalue weighted by Gasteiger charge is -2.25. The molecule has 0 aliphatic heterocycles. The molecule has 174 valence electrons. The molecule has 4 aromatic heterocycles. The van der Waals surface area contributed by atoms with Crippen LogP contribution in [0.1, 0.15) is 0 Å². The highest BCUT2D eigenvalue weighted by Crippen LogP contribution is 2.40. The Morgan fingerprint density at radius 2 is 1.00 bits per heavy atom. The molecule has 0 spiro atoms. The van der Waals surface area contributed by atoms with Crippen LogP contribution in [0.4, 0.5) is 17.1 Å². The summed E-state index contributed by atoms with van der Waals surface area (Å²) in [5.74, 6) is 0. The summed E-state index contributed by atoms with van der Waals surface area (Å²) in [6.45, 7) is 0. The first kappa shape index (κ1) is 20.1. The van der Waals surface area contributed by atoms with Gasteiger partial charge >= 0.3 is 0 Å². The minimum absolute atomic E-state index is 0.623. The van der Waals surface area contributed by atoms with E-state index in [4.69, 9.17) is 18.8 Å². The van der Waals surface area contributed by atoms with E-state index in [0.29, 0.717) is 11.4 Å². The van der Waals surface area contributed by atoms with Crippen molar-refractivity contribution in [3.63, 3.8) is 0 Å². The summed E-state index contributed by atoms with van der Waals surface area (Å²) in [6.07, 6.45) is 3.72. The molecule has 0 amide bonds. The van der Waals surface area contributed by atoms with Gasteiger partial charge in [-0.15, -0.1) is 0 Å². The van der Waals surface area contributed by atoms with E-state index in [1.807, 2.05) is 48.8 Å². The van der Waals surface area contributed by atoms with Crippen LogP contribution in [-0.2, 0) is 0 Å². The van der Waals surface area contributed by atoms with E-state index in [9.17, 15) is 0 Å². The average Bonchev–Trinajstić information content (AvgIpc) is 3.51. The molecule has 0 aliphatic carbocycles. The minimum Gasteiger partial charge on any atom is -0.438 e. The zero-order valence-electron chi connectivity index (χ0n) is 19.6. The zero-order chi connectivity index (χ0) is 24.3. The Bertz CT molecular complexity index is 2010. The number of nitrogens with zero attached hydrogens (tertiary/aromatic N) is 3. The van der Waals surface area contributed by atoms with Crippen LogP contribution in [0.2, 0.25) is 0 Å². The second-order valence-electron chi connectivity index (χ2n) is 9.16. The number of furan rings is 2. The van der Waals surface area contributed by atoms with Crippen molar-refractivity contribution in [2.75, 3.05) is 4.90 Å². The summed E-state index contributed by atoms with van der Waals surface area (Å²) < 4.78 is 12.0. The fraction of sp³-hybridized carbons (Fsp3) is 0. The molecule has 8 rings (SSSR count). The molecule has 0 aliphatic rings. The fourth-order valence-electron chi connectivity index (χ4n) is 5.20. The van der Waals surface area contributed by atoms with Crippen molar-refractivity contribution < 1.29 is 8.83 Å². The van der Waals surface area contributed by atoms with Gasteiger partial charge in [0.1, 0.15) is 11.2 Å². The first-order valence-electron chi connectivity index (χ1n) is 12.2. The topological polar surface area (TPSA) is 55.3 Å². The summed E-state index contributed by atoms with van der Waals surface area (Å²) in [6, 6.07) is 35.2. The Morgan fingerprint density at radius 1 is 0.459 bits per heavy atom. The van der Waals surface area contributed by atoms with E-state index in [0.717, 1.165) is 55.2 Å². The molecule has 0 saturated heterocycles. The SMILES string of the molecule is c1ccc2cc(N(c3cnc4oc5ccccc5c4c3)c3cnc4oc5ccccc5c4c3)ccc2c1. The van der Waals surface area contributed by atoms with Gasteiger partial charge in [0, 0.05) is 16.5 Å². The molecule has 0 N–H and O–H groups in total. The standard InChI is InChI=1S/C32H19N3O2/c1-2-8-21-15-22(14-13-20(21)7-1)35(23-16-27-25-9-3-5-11-29(25)36-31(27)33-18-23)24-17-28-26-10-4-6-12-30(26)37-32(28)34-19-24/h1-19H. The Labute approximate surface area is 211 Å². The largest absolute Gasteiger partial charge is 0.438 e. The molecule has 0 saturated carbocycles. The Balaban J connectivity index is 1.40. The maximum absolute atomic E-state index is 6.00. The Morgan fingerprint density at radius 3 is 1.62 bits per heavy atom. The van der Waals surface area contributed by atoms with Crippen LogP contribution in [0, 0.1) is 0 Å². The van der Waals surface area contributed by atoms with E-state index in [1.54, 1.807) is 0 Å². The second-order valence-corrected chi connectivity index (χ2v) is 9.16. The summed E-state index contributed by atoms with van der Waals surface area (Å²) in [7, 11) is 0. The zero-order valence-corrected chi connectivity index (χ0v) is 19.6. The summed E-state index contributed by atoms with van der Waals surface area (Å²) >= 11 is 0. The lowest BCUT2D eigenvalue weighted by atomic mass is 10.1. The molecular weight excluding hydrogens is 458 g/mol. The smallest absolute Gasteiger partial charge is 0.227 e. The van der Waals surface area contributed by atoms with Crippen LogP contribution in [0.25, 0.3) is 54.9 Å². The van der Waals surface area contributed by atoms with Gasteiger partial charge in [-0.05, 0) is 47.2 Å². The third-order valence-electron chi connectivity index (χ3n) is 6.95. The number of anilines is 3. The first-order chi connectivity index (χ1) is 18.3. The maximum atomic E-state index is 6.00. The maximum Gasteiger partial charge on any atom is 0.227 e. The van der Waals surface area contributed by atoms with Gasteiger partial charge in [0.2, 0.25) is 11.4 Å². The number of para-hydroxylation sites is 2. The van der Waals surface area contributed by atoms with E-state index >= 15 is 0 Å². The van der Waals surface area contributed by atoms with Gasteiger partial charge in [-0.3, -0.25) is 0 Å². The van der Waals surface area contributed by atoms with Crippen molar-refractivity contribution >= 4 is 72.0 Å².